The first kappa shape index (κ1) is 16.4. The van der Waals surface area contributed by atoms with Gasteiger partial charge in [-0.1, -0.05) is 48.5 Å². The summed E-state index contributed by atoms with van der Waals surface area (Å²) >= 11 is 0. The van der Waals surface area contributed by atoms with Crippen molar-refractivity contribution in [3.63, 3.8) is 0 Å². The number of carbonyl (C=O) groups is 3. The Morgan fingerprint density at radius 1 is 0.821 bits per heavy atom. The van der Waals surface area contributed by atoms with E-state index in [-0.39, 0.29) is 35.0 Å². The lowest BCUT2D eigenvalue weighted by Gasteiger charge is -2.15. The van der Waals surface area contributed by atoms with E-state index in [1.807, 2.05) is 30.3 Å². The second kappa shape index (κ2) is 5.89. The lowest BCUT2D eigenvalue weighted by Crippen LogP contribution is -2.22. The van der Waals surface area contributed by atoms with Crippen molar-refractivity contribution in [2.45, 2.75) is 6.92 Å². The molecule has 0 unspecified atom stereocenters. The summed E-state index contributed by atoms with van der Waals surface area (Å²) in [4.78, 5) is 39.5. The highest BCUT2D eigenvalue weighted by molar-refractivity contribution is 6.33. The third-order valence-electron chi connectivity index (χ3n) is 5.15. The first-order valence-electron chi connectivity index (χ1n) is 9.05. The van der Waals surface area contributed by atoms with Crippen LogP contribution in [0.15, 0.2) is 60.7 Å². The van der Waals surface area contributed by atoms with E-state index < -0.39 is 5.97 Å². The Kier molecular flexibility index (Phi) is 3.46. The molecular formula is C23H15NO4. The van der Waals surface area contributed by atoms with Crippen LogP contribution in [0.5, 0.6) is 0 Å². The molecule has 0 bridgehead atoms. The van der Waals surface area contributed by atoms with Crippen LogP contribution >= 0.6 is 0 Å². The van der Waals surface area contributed by atoms with E-state index in [0.717, 1.165) is 10.9 Å². The molecule has 1 aliphatic rings. The van der Waals surface area contributed by atoms with Crippen LogP contribution in [0.1, 0.15) is 49.3 Å². The topological polar surface area (TPSA) is 64.8 Å². The van der Waals surface area contributed by atoms with E-state index in [9.17, 15) is 14.4 Å². The molecule has 0 amide bonds. The third kappa shape index (κ3) is 2.04. The van der Waals surface area contributed by atoms with Crippen LogP contribution in [-0.2, 0) is 4.74 Å². The van der Waals surface area contributed by atoms with E-state index in [1.54, 1.807) is 41.7 Å². The molecule has 4 aromatic rings. The molecule has 0 fully saturated rings. The molecule has 0 saturated carbocycles. The van der Waals surface area contributed by atoms with Gasteiger partial charge >= 0.3 is 5.97 Å². The minimum absolute atomic E-state index is 0.108. The van der Waals surface area contributed by atoms with Crippen molar-refractivity contribution in [3.05, 3.63) is 88.6 Å². The molecule has 0 saturated heterocycles. The number of aromatic nitrogens is 1. The number of ketones is 2. The largest absolute Gasteiger partial charge is 0.461 e. The lowest BCUT2D eigenvalue weighted by atomic mass is 9.84. The first-order chi connectivity index (χ1) is 13.6. The van der Waals surface area contributed by atoms with Gasteiger partial charge in [-0.3, -0.25) is 9.59 Å². The van der Waals surface area contributed by atoms with Gasteiger partial charge in [-0.25, -0.2) is 4.79 Å². The summed E-state index contributed by atoms with van der Waals surface area (Å²) in [5.74, 6) is -1.20. The van der Waals surface area contributed by atoms with Gasteiger partial charge in [0.15, 0.2) is 11.6 Å². The molecule has 136 valence electrons. The number of carbonyl (C=O) groups excluding carboxylic acids is 3. The van der Waals surface area contributed by atoms with Crippen molar-refractivity contribution in [3.8, 4) is 0 Å². The van der Waals surface area contributed by atoms with Crippen LogP contribution in [-0.4, -0.2) is 28.5 Å². The number of pyridine rings is 1. The highest BCUT2D eigenvalue weighted by Gasteiger charge is 2.38. The number of benzene rings is 2. The minimum Gasteiger partial charge on any atom is -0.461 e. The SMILES string of the molecule is CCOC(=O)c1c2c(c3ccc4ccccc4n13)C(=O)c1ccccc1C2=O. The van der Waals surface area contributed by atoms with Crippen LogP contribution in [0, 0.1) is 0 Å². The van der Waals surface area contributed by atoms with Gasteiger partial charge in [0.1, 0.15) is 5.69 Å². The Labute approximate surface area is 160 Å². The zero-order valence-corrected chi connectivity index (χ0v) is 15.1. The fraction of sp³-hybridized carbons (Fsp3) is 0.0870. The molecule has 2 aromatic carbocycles. The Morgan fingerprint density at radius 3 is 2.18 bits per heavy atom. The normalized spacial score (nSPS) is 12.9. The number of hydrogen-bond acceptors (Lipinski definition) is 4. The van der Waals surface area contributed by atoms with E-state index >= 15 is 0 Å². The van der Waals surface area contributed by atoms with Crippen LogP contribution in [0.4, 0.5) is 0 Å². The molecule has 0 radical (unpaired) electrons. The predicted molar refractivity (Wildman–Crippen MR) is 104 cm³/mol. The Balaban J connectivity index is 1.98. The lowest BCUT2D eigenvalue weighted by molar-refractivity contribution is 0.0516. The molecule has 2 heterocycles. The quantitative estimate of drug-likeness (QED) is 0.441. The minimum atomic E-state index is -0.615. The summed E-state index contributed by atoms with van der Waals surface area (Å²) in [6.07, 6.45) is 0. The number of nitrogens with zero attached hydrogens (tertiary/aromatic N) is 1. The summed E-state index contributed by atoms with van der Waals surface area (Å²) in [5.41, 5.74) is 2.43. The molecule has 0 spiro atoms. The Bertz CT molecular complexity index is 1330. The number of rotatable bonds is 2. The predicted octanol–water partition coefficient (Wildman–Crippen LogP) is 4.04. The molecule has 1 aliphatic carbocycles. The van der Waals surface area contributed by atoms with Crippen molar-refractivity contribution < 1.29 is 19.1 Å². The van der Waals surface area contributed by atoms with E-state index in [2.05, 4.69) is 0 Å². The fourth-order valence-electron chi connectivity index (χ4n) is 3.99. The van der Waals surface area contributed by atoms with Gasteiger partial charge in [-0.15, -0.1) is 0 Å². The van der Waals surface area contributed by atoms with E-state index in [0.29, 0.717) is 16.6 Å². The van der Waals surface area contributed by atoms with Gasteiger partial charge in [0.2, 0.25) is 0 Å². The molecular weight excluding hydrogens is 354 g/mol. The van der Waals surface area contributed by atoms with Gasteiger partial charge in [0.25, 0.3) is 0 Å². The second-order valence-electron chi connectivity index (χ2n) is 6.64. The van der Waals surface area contributed by atoms with Gasteiger partial charge in [-0.05, 0) is 24.4 Å². The van der Waals surface area contributed by atoms with Crippen molar-refractivity contribution in [1.29, 1.82) is 0 Å². The maximum atomic E-state index is 13.3. The number of ether oxygens (including phenoxy) is 1. The van der Waals surface area contributed by atoms with Crippen LogP contribution < -0.4 is 0 Å². The summed E-state index contributed by atoms with van der Waals surface area (Å²) < 4.78 is 6.94. The van der Waals surface area contributed by atoms with Crippen LogP contribution in [0.25, 0.3) is 16.4 Å². The summed E-state index contributed by atoms with van der Waals surface area (Å²) in [7, 11) is 0. The number of esters is 1. The molecule has 5 nitrogen and oxygen atoms in total. The molecule has 0 aliphatic heterocycles. The highest BCUT2D eigenvalue weighted by Crippen LogP contribution is 2.36. The Morgan fingerprint density at radius 2 is 1.46 bits per heavy atom. The smallest absolute Gasteiger partial charge is 0.356 e. The monoisotopic (exact) mass is 369 g/mol. The molecule has 2 aromatic heterocycles. The molecule has 0 atom stereocenters. The number of hydrogen-bond donors (Lipinski definition) is 0. The molecule has 0 N–H and O–H groups in total. The fourth-order valence-corrected chi connectivity index (χ4v) is 3.99. The highest BCUT2D eigenvalue weighted by atomic mass is 16.5. The van der Waals surface area contributed by atoms with Crippen molar-refractivity contribution >= 4 is 34.0 Å². The van der Waals surface area contributed by atoms with Gasteiger partial charge in [0, 0.05) is 11.1 Å². The molecule has 28 heavy (non-hydrogen) atoms. The standard InChI is InChI=1S/C23H15NO4/c1-2-28-23(27)20-19-18(21(25)14-8-4-5-9-15(14)22(19)26)17-12-11-13-7-3-6-10-16(13)24(17)20/h3-12H,2H2,1H3. The average Bonchev–Trinajstić information content (AvgIpc) is 3.08. The Hall–Kier alpha value is -3.73. The van der Waals surface area contributed by atoms with Gasteiger partial charge in [-0.2, -0.15) is 0 Å². The van der Waals surface area contributed by atoms with Crippen LogP contribution in [0.2, 0.25) is 0 Å². The number of fused-ring (bicyclic) bond motifs is 6. The molecule has 5 heteroatoms. The van der Waals surface area contributed by atoms with Gasteiger partial charge < -0.3 is 9.14 Å². The summed E-state index contributed by atoms with van der Waals surface area (Å²) in [5, 5.41) is 0.894. The van der Waals surface area contributed by atoms with Crippen LogP contribution in [0.3, 0.4) is 0 Å². The zero-order valence-electron chi connectivity index (χ0n) is 15.1. The van der Waals surface area contributed by atoms with Crippen molar-refractivity contribution in [2.24, 2.45) is 0 Å². The number of para-hydroxylation sites is 1. The van der Waals surface area contributed by atoms with Crippen molar-refractivity contribution in [2.75, 3.05) is 6.61 Å². The summed E-state index contributed by atoms with van der Waals surface area (Å²) in [6.45, 7) is 1.88. The van der Waals surface area contributed by atoms with Gasteiger partial charge in [0.05, 0.1) is 28.8 Å². The second-order valence-corrected chi connectivity index (χ2v) is 6.64. The molecule has 5 rings (SSSR count). The summed E-state index contributed by atoms with van der Waals surface area (Å²) in [6, 6.07) is 17.9. The average molecular weight is 369 g/mol. The maximum Gasteiger partial charge on any atom is 0.356 e. The third-order valence-corrected chi connectivity index (χ3v) is 5.15. The van der Waals surface area contributed by atoms with E-state index in [1.165, 1.54) is 0 Å². The first-order valence-corrected chi connectivity index (χ1v) is 9.05. The zero-order chi connectivity index (χ0) is 19.4. The maximum absolute atomic E-state index is 13.3. The van der Waals surface area contributed by atoms with Crippen molar-refractivity contribution in [1.82, 2.24) is 4.40 Å². The van der Waals surface area contributed by atoms with E-state index in [4.69, 9.17) is 4.74 Å².